The Hall–Kier alpha value is -1.96. The van der Waals surface area contributed by atoms with Crippen molar-refractivity contribution >= 4 is 11.6 Å². The van der Waals surface area contributed by atoms with Crippen LogP contribution in [0, 0.1) is 5.41 Å². The van der Waals surface area contributed by atoms with E-state index in [2.05, 4.69) is 5.32 Å². The number of nitrogens with one attached hydrogen (secondary N) is 2. The molecule has 0 saturated heterocycles. The summed E-state index contributed by atoms with van der Waals surface area (Å²) in [5.41, 5.74) is 6.56. The van der Waals surface area contributed by atoms with E-state index in [0.29, 0.717) is 12.3 Å². The summed E-state index contributed by atoms with van der Waals surface area (Å²) < 4.78 is 11.6. The Balaban J connectivity index is 1.65. The number of Topliss-reactive ketones (excluding diaryl/α,β-unsaturated/α-hetero) is 1. The van der Waals surface area contributed by atoms with Crippen molar-refractivity contribution in [2.75, 3.05) is 13.7 Å². The average molecular weight is 404 g/mol. The SMILES string of the molecule is CO[C@](C)(C(C)=O)[C@H]1CCc2cc(C(=N)NC3CCC(N)(CO)CC3)ccc2O1. The summed E-state index contributed by atoms with van der Waals surface area (Å²) in [6.45, 7) is 3.31. The zero-order valence-electron chi connectivity index (χ0n) is 17.6. The Morgan fingerprint density at radius 2 is 2.10 bits per heavy atom. The topological polar surface area (TPSA) is 118 Å². The van der Waals surface area contributed by atoms with Crippen molar-refractivity contribution in [2.24, 2.45) is 5.73 Å². The summed E-state index contributed by atoms with van der Waals surface area (Å²) >= 11 is 0. The minimum Gasteiger partial charge on any atom is -0.487 e. The van der Waals surface area contributed by atoms with Gasteiger partial charge in [0.15, 0.2) is 11.4 Å². The number of ether oxygens (including phenoxy) is 2. The van der Waals surface area contributed by atoms with E-state index < -0.39 is 11.1 Å². The zero-order valence-corrected chi connectivity index (χ0v) is 17.6. The van der Waals surface area contributed by atoms with E-state index in [0.717, 1.165) is 49.0 Å². The Bertz CT molecular complexity index is 773. The summed E-state index contributed by atoms with van der Waals surface area (Å²) in [7, 11) is 1.54. The van der Waals surface area contributed by atoms with E-state index in [1.54, 1.807) is 6.92 Å². The van der Waals surface area contributed by atoms with Gasteiger partial charge in [0, 0.05) is 24.3 Å². The molecule has 5 N–H and O–H groups in total. The van der Waals surface area contributed by atoms with Crippen molar-refractivity contribution < 1.29 is 19.4 Å². The number of ketones is 1. The first-order valence-electron chi connectivity index (χ1n) is 10.3. The number of carbonyl (C=O) groups excluding carboxylic acids is 1. The van der Waals surface area contributed by atoms with Gasteiger partial charge in [0.1, 0.15) is 17.7 Å². The van der Waals surface area contributed by atoms with E-state index in [4.69, 9.17) is 20.6 Å². The predicted molar refractivity (Wildman–Crippen MR) is 111 cm³/mol. The largest absolute Gasteiger partial charge is 0.487 e. The lowest BCUT2D eigenvalue weighted by Gasteiger charge is -2.37. The number of hydrogen-bond acceptors (Lipinski definition) is 6. The molecule has 7 nitrogen and oxygen atoms in total. The average Bonchev–Trinajstić information content (AvgIpc) is 2.73. The third kappa shape index (κ3) is 4.47. The molecule has 1 heterocycles. The third-order valence-electron chi connectivity index (χ3n) is 6.68. The first-order valence-corrected chi connectivity index (χ1v) is 10.3. The standard InChI is InChI=1S/C22H33N3O4/c1-14(27)21(2,28-3)19-7-5-15-12-16(4-6-18(15)29-19)20(23)25-17-8-10-22(24,13-26)11-9-17/h4,6,12,17,19,26H,5,7-11,13,24H2,1-3H3,(H2,23,25)/t17?,19-,21-,22?/m1/s1. The summed E-state index contributed by atoms with van der Waals surface area (Å²) in [6, 6.07) is 5.93. The highest BCUT2D eigenvalue weighted by Crippen LogP contribution is 2.34. The van der Waals surface area contributed by atoms with Gasteiger partial charge in [-0.15, -0.1) is 0 Å². The molecule has 2 aliphatic rings. The van der Waals surface area contributed by atoms with E-state index in [9.17, 15) is 9.90 Å². The van der Waals surface area contributed by atoms with Gasteiger partial charge in [-0.1, -0.05) is 0 Å². The number of hydrogen-bond donors (Lipinski definition) is 4. The van der Waals surface area contributed by atoms with Gasteiger partial charge in [-0.05, 0) is 76.1 Å². The molecule has 1 fully saturated rings. The number of carbonyl (C=O) groups is 1. The van der Waals surface area contributed by atoms with Crippen LogP contribution in [0.5, 0.6) is 5.75 Å². The van der Waals surface area contributed by atoms with Crippen molar-refractivity contribution in [3.8, 4) is 5.75 Å². The zero-order chi connectivity index (χ0) is 21.2. The van der Waals surface area contributed by atoms with Crippen LogP contribution in [0.25, 0.3) is 0 Å². The van der Waals surface area contributed by atoms with Crippen LogP contribution in [0.15, 0.2) is 18.2 Å². The number of rotatable bonds is 6. The molecule has 0 aromatic heterocycles. The van der Waals surface area contributed by atoms with Gasteiger partial charge in [-0.25, -0.2) is 0 Å². The number of aliphatic hydroxyl groups excluding tert-OH is 1. The van der Waals surface area contributed by atoms with Crippen LogP contribution in [0.3, 0.4) is 0 Å². The molecule has 0 bridgehead atoms. The van der Waals surface area contributed by atoms with Gasteiger partial charge in [0.05, 0.1) is 6.61 Å². The predicted octanol–water partition coefficient (Wildman–Crippen LogP) is 1.92. The fourth-order valence-corrected chi connectivity index (χ4v) is 4.22. The van der Waals surface area contributed by atoms with Crippen molar-refractivity contribution in [2.45, 2.75) is 75.7 Å². The Morgan fingerprint density at radius 1 is 1.41 bits per heavy atom. The summed E-state index contributed by atoms with van der Waals surface area (Å²) in [4.78, 5) is 12.0. The molecule has 1 aliphatic heterocycles. The molecule has 1 aliphatic carbocycles. The summed E-state index contributed by atoms with van der Waals surface area (Å²) in [6.07, 6.45) is 4.31. The van der Waals surface area contributed by atoms with Gasteiger partial charge in [-0.2, -0.15) is 0 Å². The van der Waals surface area contributed by atoms with Crippen LogP contribution in [0.4, 0.5) is 0 Å². The summed E-state index contributed by atoms with van der Waals surface area (Å²) in [5, 5.41) is 21.2. The molecule has 0 amide bonds. The Labute approximate surface area is 172 Å². The van der Waals surface area contributed by atoms with Gasteiger partial charge in [0.25, 0.3) is 0 Å². The molecule has 0 spiro atoms. The number of nitrogens with two attached hydrogens (primary N) is 1. The smallest absolute Gasteiger partial charge is 0.165 e. The molecular weight excluding hydrogens is 370 g/mol. The van der Waals surface area contributed by atoms with Crippen molar-refractivity contribution in [3.05, 3.63) is 29.3 Å². The van der Waals surface area contributed by atoms with E-state index >= 15 is 0 Å². The van der Waals surface area contributed by atoms with Crippen LogP contribution < -0.4 is 15.8 Å². The highest BCUT2D eigenvalue weighted by atomic mass is 16.5. The number of methoxy groups -OCH3 is 1. The van der Waals surface area contributed by atoms with E-state index in [1.165, 1.54) is 14.0 Å². The molecule has 1 saturated carbocycles. The first-order chi connectivity index (χ1) is 13.7. The highest BCUT2D eigenvalue weighted by Gasteiger charge is 2.42. The van der Waals surface area contributed by atoms with E-state index in [-0.39, 0.29) is 24.5 Å². The maximum Gasteiger partial charge on any atom is 0.165 e. The first kappa shape index (κ1) is 21.7. The molecule has 1 aromatic carbocycles. The fraction of sp³-hybridized carbons (Fsp3) is 0.636. The highest BCUT2D eigenvalue weighted by molar-refractivity contribution is 5.97. The molecule has 0 radical (unpaired) electrons. The minimum absolute atomic E-state index is 0.00866. The fourth-order valence-electron chi connectivity index (χ4n) is 4.22. The molecule has 2 atom stereocenters. The van der Waals surface area contributed by atoms with Crippen molar-refractivity contribution in [3.63, 3.8) is 0 Å². The Morgan fingerprint density at radius 3 is 2.69 bits per heavy atom. The monoisotopic (exact) mass is 403 g/mol. The Kier molecular flexibility index (Phi) is 6.31. The summed E-state index contributed by atoms with van der Waals surface area (Å²) in [5.74, 6) is 1.08. The molecule has 160 valence electrons. The second kappa shape index (κ2) is 8.42. The van der Waals surface area contributed by atoms with Crippen LogP contribution in [-0.4, -0.2) is 53.7 Å². The number of benzene rings is 1. The van der Waals surface area contributed by atoms with Crippen molar-refractivity contribution in [1.29, 1.82) is 5.41 Å². The number of aryl methyl sites for hydroxylation is 1. The maximum atomic E-state index is 12.0. The van der Waals surface area contributed by atoms with Crippen molar-refractivity contribution in [1.82, 2.24) is 5.32 Å². The molecule has 0 unspecified atom stereocenters. The third-order valence-corrected chi connectivity index (χ3v) is 6.68. The molecular formula is C22H33N3O4. The van der Waals surface area contributed by atoms with E-state index in [1.807, 2.05) is 18.2 Å². The normalized spacial score (nSPS) is 28.6. The molecule has 3 rings (SSSR count). The lowest BCUT2D eigenvalue weighted by Crippen LogP contribution is -2.51. The quantitative estimate of drug-likeness (QED) is 0.426. The molecule has 7 heteroatoms. The maximum absolute atomic E-state index is 12.0. The number of amidine groups is 1. The van der Waals surface area contributed by atoms with Crippen LogP contribution in [-0.2, 0) is 16.0 Å². The number of fused-ring (bicyclic) bond motifs is 1. The lowest BCUT2D eigenvalue weighted by molar-refractivity contribution is -0.149. The lowest BCUT2D eigenvalue weighted by atomic mass is 9.80. The second-order valence-electron chi connectivity index (χ2n) is 8.65. The number of aliphatic hydroxyl groups is 1. The molecule has 1 aromatic rings. The second-order valence-corrected chi connectivity index (χ2v) is 8.65. The van der Waals surface area contributed by atoms with Gasteiger partial charge in [-0.3, -0.25) is 10.2 Å². The van der Waals surface area contributed by atoms with Crippen LogP contribution in [0.1, 0.15) is 57.1 Å². The minimum atomic E-state index is -0.960. The van der Waals surface area contributed by atoms with Gasteiger partial charge < -0.3 is 25.6 Å². The van der Waals surface area contributed by atoms with Gasteiger partial charge >= 0.3 is 0 Å². The van der Waals surface area contributed by atoms with Crippen LogP contribution >= 0.6 is 0 Å². The van der Waals surface area contributed by atoms with Crippen LogP contribution in [0.2, 0.25) is 0 Å². The molecule has 29 heavy (non-hydrogen) atoms. The van der Waals surface area contributed by atoms with Gasteiger partial charge in [0.2, 0.25) is 0 Å².